The molecule has 0 atom stereocenters. The van der Waals surface area contributed by atoms with E-state index in [0.29, 0.717) is 0 Å². The van der Waals surface area contributed by atoms with Crippen LogP contribution in [0.25, 0.3) is 0 Å². The summed E-state index contributed by atoms with van der Waals surface area (Å²) < 4.78 is 0. The molecule has 0 unspecified atom stereocenters. The van der Waals surface area contributed by atoms with E-state index in [2.05, 4.69) is 22.8 Å². The van der Waals surface area contributed by atoms with Gasteiger partial charge in [0.1, 0.15) is 0 Å². The third kappa shape index (κ3) is 1.98. The molecule has 0 aromatic carbocycles. The van der Waals surface area contributed by atoms with Crippen LogP contribution in [0.15, 0.2) is 17.5 Å². The van der Waals surface area contributed by atoms with Gasteiger partial charge in [-0.25, -0.2) is 0 Å². The Bertz CT molecular complexity index is 309. The molecule has 2 fully saturated rings. The molecule has 2 aliphatic rings. The molecule has 0 saturated heterocycles. The quantitative estimate of drug-likeness (QED) is 0.803. The Labute approximate surface area is 95.9 Å². The highest BCUT2D eigenvalue weighted by atomic mass is 32.1. The fourth-order valence-electron chi connectivity index (χ4n) is 2.90. The highest BCUT2D eigenvalue weighted by Gasteiger charge is 2.48. The van der Waals surface area contributed by atoms with Gasteiger partial charge in [0.05, 0.1) is 0 Å². The van der Waals surface area contributed by atoms with Gasteiger partial charge in [0.25, 0.3) is 0 Å². The molecular formula is C13H19NS. The minimum atomic E-state index is 0.720. The van der Waals surface area contributed by atoms with Crippen LogP contribution in [0.5, 0.6) is 0 Å². The molecule has 0 bridgehead atoms. The zero-order valence-corrected chi connectivity index (χ0v) is 9.98. The first-order chi connectivity index (χ1) is 7.39. The van der Waals surface area contributed by atoms with E-state index < -0.39 is 0 Å². The highest BCUT2D eigenvalue weighted by Crippen LogP contribution is 2.56. The molecule has 1 nitrogen and oxygen atoms in total. The van der Waals surface area contributed by atoms with E-state index in [1.54, 1.807) is 0 Å². The molecule has 2 saturated carbocycles. The second-order valence-electron chi connectivity index (χ2n) is 5.17. The van der Waals surface area contributed by atoms with Gasteiger partial charge >= 0.3 is 0 Å². The van der Waals surface area contributed by atoms with E-state index in [4.69, 9.17) is 0 Å². The topological polar surface area (TPSA) is 12.0 Å². The fourth-order valence-corrected chi connectivity index (χ4v) is 3.58. The van der Waals surface area contributed by atoms with Crippen molar-refractivity contribution in [3.8, 4) is 0 Å². The average Bonchev–Trinajstić information content (AvgIpc) is 2.89. The lowest BCUT2D eigenvalue weighted by Gasteiger charge is -2.42. The lowest BCUT2D eigenvalue weighted by Crippen LogP contribution is -2.41. The molecule has 0 radical (unpaired) electrons. The first kappa shape index (κ1) is 9.86. The van der Waals surface area contributed by atoms with Gasteiger partial charge < -0.3 is 5.32 Å². The van der Waals surface area contributed by atoms with Crippen LogP contribution in [-0.4, -0.2) is 6.54 Å². The van der Waals surface area contributed by atoms with Crippen molar-refractivity contribution in [2.24, 2.45) is 11.3 Å². The van der Waals surface area contributed by atoms with Crippen LogP contribution in [0.4, 0.5) is 0 Å². The van der Waals surface area contributed by atoms with Gasteiger partial charge in [0, 0.05) is 18.0 Å². The van der Waals surface area contributed by atoms with Gasteiger partial charge in [-0.3, -0.25) is 0 Å². The summed E-state index contributed by atoms with van der Waals surface area (Å²) >= 11 is 1.86. The Morgan fingerprint density at radius 2 is 2.27 bits per heavy atom. The molecule has 1 N–H and O–H groups in total. The molecule has 1 aromatic rings. The standard InChI is InChI=1S/C13H19NS/c1-3-12(15-8-1)9-14-10-13(6-2-7-13)11-4-5-11/h1,3,8,11,14H,2,4-7,9-10H2. The van der Waals surface area contributed by atoms with E-state index in [9.17, 15) is 0 Å². The lowest BCUT2D eigenvalue weighted by atomic mass is 9.65. The number of rotatable bonds is 5. The van der Waals surface area contributed by atoms with Crippen molar-refractivity contribution in [3.05, 3.63) is 22.4 Å². The third-order valence-electron chi connectivity index (χ3n) is 4.15. The second-order valence-corrected chi connectivity index (χ2v) is 6.21. The largest absolute Gasteiger partial charge is 0.311 e. The summed E-state index contributed by atoms with van der Waals surface area (Å²) in [5.41, 5.74) is 0.720. The van der Waals surface area contributed by atoms with E-state index in [1.165, 1.54) is 43.5 Å². The van der Waals surface area contributed by atoms with E-state index in [0.717, 1.165) is 17.9 Å². The first-order valence-corrected chi connectivity index (χ1v) is 7.00. The maximum atomic E-state index is 3.66. The van der Waals surface area contributed by atoms with E-state index >= 15 is 0 Å². The lowest BCUT2D eigenvalue weighted by molar-refractivity contribution is 0.0988. The van der Waals surface area contributed by atoms with Crippen molar-refractivity contribution < 1.29 is 0 Å². The van der Waals surface area contributed by atoms with Gasteiger partial charge in [0.2, 0.25) is 0 Å². The monoisotopic (exact) mass is 221 g/mol. The number of hydrogen-bond acceptors (Lipinski definition) is 2. The van der Waals surface area contributed by atoms with Gasteiger partial charge in [-0.1, -0.05) is 12.5 Å². The minimum Gasteiger partial charge on any atom is -0.311 e. The Hall–Kier alpha value is -0.340. The molecule has 82 valence electrons. The molecule has 15 heavy (non-hydrogen) atoms. The number of nitrogens with one attached hydrogen (secondary N) is 1. The highest BCUT2D eigenvalue weighted by molar-refractivity contribution is 7.09. The summed E-state index contributed by atoms with van der Waals surface area (Å²) in [6.07, 6.45) is 7.43. The van der Waals surface area contributed by atoms with Crippen molar-refractivity contribution in [3.63, 3.8) is 0 Å². The van der Waals surface area contributed by atoms with Crippen LogP contribution < -0.4 is 5.32 Å². The Kier molecular flexibility index (Phi) is 2.57. The van der Waals surface area contributed by atoms with Crippen molar-refractivity contribution in [2.75, 3.05) is 6.54 Å². The molecule has 0 aliphatic heterocycles. The average molecular weight is 221 g/mol. The summed E-state index contributed by atoms with van der Waals surface area (Å²) in [5, 5.41) is 5.83. The Morgan fingerprint density at radius 1 is 1.40 bits per heavy atom. The maximum Gasteiger partial charge on any atom is 0.0299 e. The van der Waals surface area contributed by atoms with Gasteiger partial charge in [0.15, 0.2) is 0 Å². The summed E-state index contributed by atoms with van der Waals surface area (Å²) in [7, 11) is 0. The fraction of sp³-hybridized carbons (Fsp3) is 0.692. The van der Waals surface area contributed by atoms with E-state index in [1.807, 2.05) is 11.3 Å². The van der Waals surface area contributed by atoms with Crippen LogP contribution in [0.1, 0.15) is 37.0 Å². The van der Waals surface area contributed by atoms with Gasteiger partial charge in [-0.15, -0.1) is 11.3 Å². The second kappa shape index (κ2) is 3.91. The summed E-state index contributed by atoms with van der Waals surface area (Å²) in [6, 6.07) is 4.37. The predicted octanol–water partition coefficient (Wildman–Crippen LogP) is 3.42. The molecule has 0 spiro atoms. The summed E-state index contributed by atoms with van der Waals surface area (Å²) in [6.45, 7) is 2.34. The predicted molar refractivity (Wildman–Crippen MR) is 65.0 cm³/mol. The van der Waals surface area contributed by atoms with Crippen LogP contribution in [-0.2, 0) is 6.54 Å². The first-order valence-electron chi connectivity index (χ1n) is 6.12. The smallest absolute Gasteiger partial charge is 0.0299 e. The van der Waals surface area contributed by atoms with Crippen molar-refractivity contribution in [2.45, 2.75) is 38.6 Å². The van der Waals surface area contributed by atoms with Crippen LogP contribution in [0.2, 0.25) is 0 Å². The van der Waals surface area contributed by atoms with Crippen molar-refractivity contribution >= 4 is 11.3 Å². The van der Waals surface area contributed by atoms with Crippen LogP contribution >= 0.6 is 11.3 Å². The molecule has 2 heteroatoms. The normalized spacial score (nSPS) is 23.7. The Balaban J connectivity index is 1.48. The van der Waals surface area contributed by atoms with E-state index in [-0.39, 0.29) is 0 Å². The molecule has 0 amide bonds. The van der Waals surface area contributed by atoms with Crippen molar-refractivity contribution in [1.82, 2.24) is 5.32 Å². The zero-order valence-electron chi connectivity index (χ0n) is 9.17. The maximum absolute atomic E-state index is 3.66. The molecule has 2 aliphatic carbocycles. The van der Waals surface area contributed by atoms with Crippen LogP contribution in [0, 0.1) is 11.3 Å². The van der Waals surface area contributed by atoms with Gasteiger partial charge in [-0.2, -0.15) is 0 Å². The number of hydrogen-bond donors (Lipinski definition) is 1. The third-order valence-corrected chi connectivity index (χ3v) is 5.03. The molecule has 3 rings (SSSR count). The molecular weight excluding hydrogens is 202 g/mol. The molecule has 1 heterocycles. The van der Waals surface area contributed by atoms with Crippen LogP contribution in [0.3, 0.4) is 0 Å². The minimum absolute atomic E-state index is 0.720. The zero-order chi connectivity index (χ0) is 10.1. The summed E-state index contributed by atoms with van der Waals surface area (Å²) in [5.74, 6) is 1.07. The SMILES string of the molecule is c1csc(CNCC2(C3CC3)CCC2)c1. The Morgan fingerprint density at radius 3 is 2.80 bits per heavy atom. The van der Waals surface area contributed by atoms with Crippen molar-refractivity contribution in [1.29, 1.82) is 0 Å². The molecule has 1 aromatic heterocycles. The van der Waals surface area contributed by atoms with Gasteiger partial charge in [-0.05, 0) is 48.5 Å². The summed E-state index contributed by atoms with van der Waals surface area (Å²) in [4.78, 5) is 1.47. The number of thiophene rings is 1.